The summed E-state index contributed by atoms with van der Waals surface area (Å²) in [7, 11) is -3.31. The van der Waals surface area contributed by atoms with E-state index < -0.39 is 10.0 Å². The molecule has 106 valence electrons. The van der Waals surface area contributed by atoms with Crippen molar-refractivity contribution in [2.45, 2.75) is 0 Å². The summed E-state index contributed by atoms with van der Waals surface area (Å²) in [4.78, 5) is 12.2. The van der Waals surface area contributed by atoms with E-state index in [9.17, 15) is 13.2 Å². The normalized spacial score (nSPS) is 17.3. The molecule has 1 aromatic rings. The van der Waals surface area contributed by atoms with Crippen molar-refractivity contribution in [1.82, 2.24) is 9.62 Å². The third-order valence-electron chi connectivity index (χ3n) is 2.75. The quantitative estimate of drug-likeness (QED) is 0.839. The van der Waals surface area contributed by atoms with Gasteiger partial charge in [-0.2, -0.15) is 4.31 Å². The zero-order chi connectivity index (χ0) is 13.7. The Morgan fingerprint density at radius 1 is 1.42 bits per heavy atom. The molecule has 1 aromatic heterocycles. The van der Waals surface area contributed by atoms with Gasteiger partial charge in [-0.15, -0.1) is 11.3 Å². The van der Waals surface area contributed by atoms with E-state index >= 15 is 0 Å². The van der Waals surface area contributed by atoms with E-state index in [4.69, 9.17) is 4.74 Å². The number of nitrogens with zero attached hydrogens (tertiary/aromatic N) is 1. The summed E-state index contributed by atoms with van der Waals surface area (Å²) in [5, 5.41) is 4.42. The van der Waals surface area contributed by atoms with E-state index in [0.717, 1.165) is 0 Å². The van der Waals surface area contributed by atoms with Crippen LogP contribution >= 0.6 is 11.3 Å². The minimum Gasteiger partial charge on any atom is -0.379 e. The molecule has 0 spiro atoms. The van der Waals surface area contributed by atoms with Gasteiger partial charge in [0, 0.05) is 19.6 Å². The van der Waals surface area contributed by atoms with E-state index in [2.05, 4.69) is 5.32 Å². The van der Waals surface area contributed by atoms with Crippen molar-refractivity contribution in [3.05, 3.63) is 22.4 Å². The van der Waals surface area contributed by atoms with Gasteiger partial charge in [0.1, 0.15) is 0 Å². The molecule has 1 N–H and O–H groups in total. The number of hydrogen-bond donors (Lipinski definition) is 1. The van der Waals surface area contributed by atoms with Gasteiger partial charge in [0.15, 0.2) is 0 Å². The molecule has 1 amide bonds. The Hall–Kier alpha value is -0.960. The number of amides is 1. The number of morpholine rings is 1. The lowest BCUT2D eigenvalue weighted by molar-refractivity contribution is 0.0730. The number of carbonyl (C=O) groups is 1. The summed E-state index contributed by atoms with van der Waals surface area (Å²) in [5.74, 6) is -0.309. The summed E-state index contributed by atoms with van der Waals surface area (Å²) in [6, 6.07) is 3.49. The summed E-state index contributed by atoms with van der Waals surface area (Å²) in [6.45, 7) is 1.76. The second kappa shape index (κ2) is 6.47. The first-order chi connectivity index (χ1) is 9.09. The molecule has 6 nitrogen and oxygen atoms in total. The Labute approximate surface area is 116 Å². The van der Waals surface area contributed by atoms with Gasteiger partial charge < -0.3 is 10.1 Å². The maximum atomic E-state index is 12.0. The third-order valence-corrected chi connectivity index (χ3v) is 5.49. The molecule has 0 aromatic carbocycles. The number of nitrogens with one attached hydrogen (secondary N) is 1. The van der Waals surface area contributed by atoms with Crippen molar-refractivity contribution in [3.63, 3.8) is 0 Å². The summed E-state index contributed by atoms with van der Waals surface area (Å²) >= 11 is 1.33. The van der Waals surface area contributed by atoms with E-state index in [1.807, 2.05) is 0 Å². The average molecular weight is 304 g/mol. The van der Waals surface area contributed by atoms with Crippen LogP contribution in [0.3, 0.4) is 0 Å². The second-order valence-electron chi connectivity index (χ2n) is 4.06. The molecule has 0 atom stereocenters. The van der Waals surface area contributed by atoms with Crippen LogP contribution in [0.15, 0.2) is 17.5 Å². The first-order valence-corrected chi connectivity index (χ1v) is 8.46. The highest BCUT2D eigenvalue weighted by Gasteiger charge is 2.23. The van der Waals surface area contributed by atoms with Crippen molar-refractivity contribution < 1.29 is 17.9 Å². The summed E-state index contributed by atoms with van der Waals surface area (Å²) in [5.41, 5.74) is 0. The van der Waals surface area contributed by atoms with Crippen molar-refractivity contribution in [2.75, 3.05) is 38.6 Å². The third kappa shape index (κ3) is 4.00. The highest BCUT2D eigenvalue weighted by molar-refractivity contribution is 7.89. The monoisotopic (exact) mass is 304 g/mol. The fourth-order valence-corrected chi connectivity index (χ4v) is 3.71. The number of sulfonamides is 1. The standard InChI is InChI=1S/C11H16N2O4S2/c14-11(10-2-1-8-18-10)12-3-9-19(15,16)13-4-6-17-7-5-13/h1-2,8H,3-7,9H2,(H,12,14). The molecule has 1 saturated heterocycles. The van der Waals surface area contributed by atoms with Crippen LogP contribution in [-0.4, -0.2) is 57.2 Å². The van der Waals surface area contributed by atoms with Crippen molar-refractivity contribution in [3.8, 4) is 0 Å². The zero-order valence-corrected chi connectivity index (χ0v) is 12.0. The number of hydrogen-bond acceptors (Lipinski definition) is 5. The number of thiophene rings is 1. The van der Waals surface area contributed by atoms with Gasteiger partial charge in [-0.25, -0.2) is 8.42 Å². The fourth-order valence-electron chi connectivity index (χ4n) is 1.74. The molecule has 0 unspecified atom stereocenters. The number of carbonyl (C=O) groups excluding carboxylic acids is 1. The van der Waals surface area contributed by atoms with Gasteiger partial charge in [-0.1, -0.05) is 6.07 Å². The van der Waals surface area contributed by atoms with Gasteiger partial charge in [-0.05, 0) is 11.4 Å². The molecule has 0 aliphatic carbocycles. The van der Waals surface area contributed by atoms with Crippen LogP contribution in [0.1, 0.15) is 9.67 Å². The van der Waals surface area contributed by atoms with Crippen LogP contribution < -0.4 is 5.32 Å². The van der Waals surface area contributed by atoms with Gasteiger partial charge in [0.05, 0.1) is 23.8 Å². The zero-order valence-electron chi connectivity index (χ0n) is 10.4. The van der Waals surface area contributed by atoms with Crippen molar-refractivity contribution >= 4 is 27.3 Å². The molecule has 2 heterocycles. The Kier molecular flexibility index (Phi) is 4.92. The van der Waals surface area contributed by atoms with Crippen molar-refractivity contribution in [1.29, 1.82) is 0 Å². The lowest BCUT2D eigenvalue weighted by Gasteiger charge is -2.25. The Balaban J connectivity index is 1.80. The first-order valence-electron chi connectivity index (χ1n) is 5.97. The predicted octanol–water partition coefficient (Wildman–Crippen LogP) is 0.140. The molecule has 1 fully saturated rings. The van der Waals surface area contributed by atoms with Crippen LogP contribution in [0.5, 0.6) is 0 Å². The van der Waals surface area contributed by atoms with Gasteiger partial charge in [0.2, 0.25) is 10.0 Å². The SMILES string of the molecule is O=C(NCCS(=O)(=O)N1CCOCC1)c1cccs1. The van der Waals surface area contributed by atoms with Gasteiger partial charge in [-0.3, -0.25) is 4.79 Å². The van der Waals surface area contributed by atoms with E-state index in [1.165, 1.54) is 15.6 Å². The van der Waals surface area contributed by atoms with E-state index in [0.29, 0.717) is 31.2 Å². The Morgan fingerprint density at radius 3 is 2.79 bits per heavy atom. The molecule has 2 rings (SSSR count). The Morgan fingerprint density at radius 2 is 2.16 bits per heavy atom. The first kappa shape index (κ1) is 14.4. The largest absolute Gasteiger partial charge is 0.379 e. The lowest BCUT2D eigenvalue weighted by atomic mass is 10.4. The topological polar surface area (TPSA) is 75.7 Å². The highest BCUT2D eigenvalue weighted by Crippen LogP contribution is 2.08. The van der Waals surface area contributed by atoms with Crippen LogP contribution in [0, 0.1) is 0 Å². The molecule has 8 heteroatoms. The number of ether oxygens (including phenoxy) is 1. The number of rotatable bonds is 5. The second-order valence-corrected chi connectivity index (χ2v) is 7.10. The van der Waals surface area contributed by atoms with Crippen LogP contribution in [-0.2, 0) is 14.8 Å². The molecule has 1 aliphatic rings. The van der Waals surface area contributed by atoms with E-state index in [-0.39, 0.29) is 18.2 Å². The molecular weight excluding hydrogens is 288 g/mol. The summed E-state index contributed by atoms with van der Waals surface area (Å²) < 4.78 is 30.5. The summed E-state index contributed by atoms with van der Waals surface area (Å²) in [6.07, 6.45) is 0. The average Bonchev–Trinajstić information content (AvgIpc) is 2.93. The van der Waals surface area contributed by atoms with Crippen LogP contribution in [0.4, 0.5) is 0 Å². The predicted molar refractivity (Wildman–Crippen MR) is 72.8 cm³/mol. The fraction of sp³-hybridized carbons (Fsp3) is 0.545. The molecular formula is C11H16N2O4S2. The van der Waals surface area contributed by atoms with Gasteiger partial charge in [0.25, 0.3) is 5.91 Å². The smallest absolute Gasteiger partial charge is 0.261 e. The van der Waals surface area contributed by atoms with Crippen LogP contribution in [0.25, 0.3) is 0 Å². The lowest BCUT2D eigenvalue weighted by Crippen LogP contribution is -2.43. The maximum Gasteiger partial charge on any atom is 0.261 e. The van der Waals surface area contributed by atoms with Crippen LogP contribution in [0.2, 0.25) is 0 Å². The molecule has 0 radical (unpaired) electrons. The highest BCUT2D eigenvalue weighted by atomic mass is 32.2. The molecule has 19 heavy (non-hydrogen) atoms. The maximum absolute atomic E-state index is 12.0. The Bertz CT molecular complexity index is 507. The molecule has 0 saturated carbocycles. The van der Waals surface area contributed by atoms with Gasteiger partial charge >= 0.3 is 0 Å². The van der Waals surface area contributed by atoms with Crippen molar-refractivity contribution in [2.24, 2.45) is 0 Å². The minimum atomic E-state index is -3.31. The molecule has 0 bridgehead atoms. The van der Waals surface area contributed by atoms with E-state index in [1.54, 1.807) is 17.5 Å². The minimum absolute atomic E-state index is 0.0793. The molecule has 1 aliphatic heterocycles.